The summed E-state index contributed by atoms with van der Waals surface area (Å²) in [5.74, 6) is -0.892. The van der Waals surface area contributed by atoms with Gasteiger partial charge in [-0.15, -0.1) is 0 Å². The number of aromatic nitrogens is 1. The lowest BCUT2D eigenvalue weighted by Crippen LogP contribution is -2.30. The highest BCUT2D eigenvalue weighted by Crippen LogP contribution is 2.19. The molecule has 0 bridgehead atoms. The third-order valence-electron chi connectivity index (χ3n) is 3.82. The van der Waals surface area contributed by atoms with Crippen LogP contribution in [-0.2, 0) is 16.6 Å². The van der Waals surface area contributed by atoms with Gasteiger partial charge in [-0.25, -0.2) is 4.79 Å². The van der Waals surface area contributed by atoms with Gasteiger partial charge < -0.3 is 14.6 Å². The Labute approximate surface area is 139 Å². The molecule has 0 fully saturated rings. The van der Waals surface area contributed by atoms with Gasteiger partial charge in [0.15, 0.2) is 6.10 Å². The number of fused-ring (bicyclic) bond motifs is 1. The predicted molar refractivity (Wildman–Crippen MR) is 92.9 cm³/mol. The SMILES string of the molecule is C[C@@H](OC(=O)c1cccn1C)C(=O)Nc1ccc2ccccc2c1. The van der Waals surface area contributed by atoms with Crippen LogP contribution in [0, 0.1) is 0 Å². The summed E-state index contributed by atoms with van der Waals surface area (Å²) in [6.45, 7) is 1.55. The number of hydrogen-bond donors (Lipinski definition) is 1. The maximum Gasteiger partial charge on any atom is 0.355 e. The number of carbonyl (C=O) groups excluding carboxylic acids is 2. The number of amides is 1. The van der Waals surface area contributed by atoms with Gasteiger partial charge in [0.25, 0.3) is 5.91 Å². The molecule has 0 saturated heterocycles. The molecular formula is C19H18N2O3. The van der Waals surface area contributed by atoms with Crippen molar-refractivity contribution in [3.8, 4) is 0 Å². The summed E-state index contributed by atoms with van der Waals surface area (Å²) >= 11 is 0. The van der Waals surface area contributed by atoms with E-state index in [1.54, 1.807) is 36.9 Å². The van der Waals surface area contributed by atoms with Crippen LogP contribution in [0.15, 0.2) is 60.8 Å². The minimum Gasteiger partial charge on any atom is -0.448 e. The van der Waals surface area contributed by atoms with Crippen molar-refractivity contribution in [1.29, 1.82) is 0 Å². The lowest BCUT2D eigenvalue weighted by Gasteiger charge is -2.14. The molecule has 24 heavy (non-hydrogen) atoms. The van der Waals surface area contributed by atoms with E-state index in [1.807, 2.05) is 42.5 Å². The smallest absolute Gasteiger partial charge is 0.355 e. The van der Waals surface area contributed by atoms with Crippen LogP contribution in [0.5, 0.6) is 0 Å². The van der Waals surface area contributed by atoms with Gasteiger partial charge in [-0.05, 0) is 42.0 Å². The van der Waals surface area contributed by atoms with Crippen molar-refractivity contribution in [2.45, 2.75) is 13.0 Å². The van der Waals surface area contributed by atoms with Gasteiger partial charge >= 0.3 is 5.97 Å². The molecule has 1 amide bonds. The van der Waals surface area contributed by atoms with Crippen LogP contribution in [0.4, 0.5) is 5.69 Å². The molecule has 2 aromatic carbocycles. The topological polar surface area (TPSA) is 60.3 Å². The fourth-order valence-corrected chi connectivity index (χ4v) is 2.46. The highest BCUT2D eigenvalue weighted by molar-refractivity contribution is 5.98. The van der Waals surface area contributed by atoms with E-state index in [0.717, 1.165) is 10.8 Å². The van der Waals surface area contributed by atoms with Crippen LogP contribution in [-0.4, -0.2) is 22.5 Å². The average Bonchev–Trinajstić information content (AvgIpc) is 3.00. The molecule has 1 N–H and O–H groups in total. The Balaban J connectivity index is 1.67. The van der Waals surface area contributed by atoms with Crippen molar-refractivity contribution in [3.63, 3.8) is 0 Å². The van der Waals surface area contributed by atoms with Crippen molar-refractivity contribution < 1.29 is 14.3 Å². The molecule has 1 atom stereocenters. The summed E-state index contributed by atoms with van der Waals surface area (Å²) in [7, 11) is 1.75. The molecule has 5 heteroatoms. The summed E-state index contributed by atoms with van der Waals surface area (Å²) in [5.41, 5.74) is 1.07. The third-order valence-corrected chi connectivity index (χ3v) is 3.82. The number of ether oxygens (including phenoxy) is 1. The van der Waals surface area contributed by atoms with Crippen molar-refractivity contribution in [2.24, 2.45) is 7.05 Å². The summed E-state index contributed by atoms with van der Waals surface area (Å²) in [4.78, 5) is 24.3. The lowest BCUT2D eigenvalue weighted by atomic mass is 10.1. The average molecular weight is 322 g/mol. The molecule has 0 unspecified atom stereocenters. The number of nitrogens with one attached hydrogen (secondary N) is 1. The molecule has 0 aliphatic rings. The zero-order chi connectivity index (χ0) is 17.1. The van der Waals surface area contributed by atoms with Gasteiger partial charge in [-0.3, -0.25) is 4.79 Å². The standard InChI is InChI=1S/C19H18N2O3/c1-13(24-19(23)17-8-5-11-21(17)2)18(22)20-16-10-9-14-6-3-4-7-15(14)12-16/h3-13H,1-2H3,(H,20,22)/t13-/m1/s1. The van der Waals surface area contributed by atoms with Gasteiger partial charge in [0.05, 0.1) is 0 Å². The fraction of sp³-hybridized carbons (Fsp3) is 0.158. The first-order valence-corrected chi connectivity index (χ1v) is 7.66. The summed E-state index contributed by atoms with van der Waals surface area (Å²) in [6.07, 6.45) is 0.857. The van der Waals surface area contributed by atoms with Gasteiger partial charge in [-0.2, -0.15) is 0 Å². The molecule has 3 aromatic rings. The minimum absolute atomic E-state index is 0.368. The Morgan fingerprint density at radius 2 is 1.79 bits per heavy atom. The number of nitrogens with zero attached hydrogens (tertiary/aromatic N) is 1. The van der Waals surface area contributed by atoms with E-state index in [1.165, 1.54) is 0 Å². The molecule has 0 aliphatic heterocycles. The molecule has 0 aliphatic carbocycles. The molecule has 1 heterocycles. The van der Waals surface area contributed by atoms with Crippen LogP contribution in [0.2, 0.25) is 0 Å². The summed E-state index contributed by atoms with van der Waals surface area (Å²) in [5, 5.41) is 4.90. The number of benzene rings is 2. The van der Waals surface area contributed by atoms with Gasteiger partial charge in [-0.1, -0.05) is 30.3 Å². The van der Waals surface area contributed by atoms with E-state index >= 15 is 0 Å². The van der Waals surface area contributed by atoms with Crippen molar-refractivity contribution in [1.82, 2.24) is 4.57 Å². The zero-order valence-corrected chi connectivity index (χ0v) is 13.5. The maximum atomic E-state index is 12.2. The number of hydrogen-bond acceptors (Lipinski definition) is 3. The lowest BCUT2D eigenvalue weighted by molar-refractivity contribution is -0.123. The van der Waals surface area contributed by atoms with Crippen molar-refractivity contribution in [2.75, 3.05) is 5.32 Å². The molecule has 0 spiro atoms. The highest BCUT2D eigenvalue weighted by atomic mass is 16.5. The number of carbonyl (C=O) groups is 2. The summed E-state index contributed by atoms with van der Waals surface area (Å²) < 4.78 is 6.87. The molecule has 1 aromatic heterocycles. The van der Waals surface area contributed by atoms with Gasteiger partial charge in [0.2, 0.25) is 0 Å². The first-order valence-electron chi connectivity index (χ1n) is 7.66. The van der Waals surface area contributed by atoms with E-state index in [2.05, 4.69) is 5.32 Å². The van der Waals surface area contributed by atoms with Crippen LogP contribution in [0.3, 0.4) is 0 Å². The Bertz CT molecular complexity index is 898. The van der Waals surface area contributed by atoms with Crippen molar-refractivity contribution in [3.05, 3.63) is 66.5 Å². The second kappa shape index (κ2) is 6.58. The molecule has 0 radical (unpaired) electrons. The van der Waals surface area contributed by atoms with E-state index in [-0.39, 0.29) is 5.91 Å². The zero-order valence-electron chi connectivity index (χ0n) is 13.5. The predicted octanol–water partition coefficient (Wildman–Crippen LogP) is 3.36. The number of aryl methyl sites for hydroxylation is 1. The summed E-state index contributed by atoms with van der Waals surface area (Å²) in [6, 6.07) is 16.9. The maximum absolute atomic E-state index is 12.2. The number of anilines is 1. The second-order valence-corrected chi connectivity index (χ2v) is 5.60. The molecule has 122 valence electrons. The van der Waals surface area contributed by atoms with Crippen LogP contribution >= 0.6 is 0 Å². The third kappa shape index (κ3) is 3.30. The molecule has 5 nitrogen and oxygen atoms in total. The minimum atomic E-state index is -0.890. The highest BCUT2D eigenvalue weighted by Gasteiger charge is 2.20. The Morgan fingerprint density at radius 3 is 2.50 bits per heavy atom. The van der Waals surface area contributed by atoms with E-state index < -0.39 is 12.1 Å². The first kappa shape index (κ1) is 15.8. The fourth-order valence-electron chi connectivity index (χ4n) is 2.46. The van der Waals surface area contributed by atoms with E-state index in [0.29, 0.717) is 11.4 Å². The number of esters is 1. The van der Waals surface area contributed by atoms with Crippen LogP contribution < -0.4 is 5.32 Å². The Kier molecular flexibility index (Phi) is 4.33. The first-order chi connectivity index (χ1) is 11.5. The molecule has 0 saturated carbocycles. The van der Waals surface area contributed by atoms with Crippen LogP contribution in [0.25, 0.3) is 10.8 Å². The monoisotopic (exact) mass is 322 g/mol. The number of rotatable bonds is 4. The Hall–Kier alpha value is -3.08. The Morgan fingerprint density at radius 1 is 1.04 bits per heavy atom. The van der Waals surface area contributed by atoms with E-state index in [9.17, 15) is 9.59 Å². The molecular weight excluding hydrogens is 304 g/mol. The van der Waals surface area contributed by atoms with Gasteiger partial charge in [0.1, 0.15) is 5.69 Å². The normalized spacial score (nSPS) is 11.9. The second-order valence-electron chi connectivity index (χ2n) is 5.60. The quantitative estimate of drug-likeness (QED) is 0.749. The van der Waals surface area contributed by atoms with E-state index in [4.69, 9.17) is 4.74 Å². The van der Waals surface area contributed by atoms with Crippen molar-refractivity contribution >= 4 is 28.3 Å². The van der Waals surface area contributed by atoms with Crippen LogP contribution in [0.1, 0.15) is 17.4 Å². The largest absolute Gasteiger partial charge is 0.448 e. The van der Waals surface area contributed by atoms with Gasteiger partial charge in [0, 0.05) is 18.9 Å². The molecule has 3 rings (SSSR count).